The van der Waals surface area contributed by atoms with Crippen molar-refractivity contribution in [3.05, 3.63) is 89.0 Å². The van der Waals surface area contributed by atoms with Crippen molar-refractivity contribution in [3.63, 3.8) is 0 Å². The minimum atomic E-state index is -0.723. The lowest BCUT2D eigenvalue weighted by atomic mass is 9.78. The number of pyridine rings is 1. The number of carbonyl (C=O) groups is 1. The number of aryl methyl sites for hydroxylation is 2. The van der Waals surface area contributed by atoms with E-state index in [1.54, 1.807) is 0 Å². The summed E-state index contributed by atoms with van der Waals surface area (Å²) in [4.78, 5) is 21.5. The van der Waals surface area contributed by atoms with Gasteiger partial charge in [-0.05, 0) is 61.6 Å². The van der Waals surface area contributed by atoms with Crippen molar-refractivity contribution in [3.8, 4) is 5.75 Å². The number of rotatable bonds is 7. The Kier molecular flexibility index (Phi) is 6.53. The number of ether oxygens (including phenoxy) is 1. The molecule has 1 N–H and O–H groups in total. The summed E-state index contributed by atoms with van der Waals surface area (Å²) in [5, 5.41) is 9.95. The molecule has 5 rings (SSSR count). The van der Waals surface area contributed by atoms with Gasteiger partial charge in [0.2, 0.25) is 0 Å². The summed E-state index contributed by atoms with van der Waals surface area (Å²) < 4.78 is 8.29. The van der Waals surface area contributed by atoms with Crippen molar-refractivity contribution in [2.75, 3.05) is 0 Å². The molecule has 0 spiro atoms. The van der Waals surface area contributed by atoms with Gasteiger partial charge in [-0.1, -0.05) is 43.2 Å². The van der Waals surface area contributed by atoms with E-state index in [1.165, 1.54) is 11.1 Å². The maximum atomic E-state index is 12.1. The molecule has 180 valence electrons. The summed E-state index contributed by atoms with van der Waals surface area (Å²) >= 11 is 0. The van der Waals surface area contributed by atoms with E-state index in [2.05, 4.69) is 28.6 Å². The zero-order valence-electron chi connectivity index (χ0n) is 20.3. The van der Waals surface area contributed by atoms with Crippen molar-refractivity contribution >= 4 is 17.0 Å². The molecule has 1 aliphatic carbocycles. The number of carboxylic acid groups (broad SMARTS) is 1. The fourth-order valence-electron chi connectivity index (χ4n) is 5.09. The Balaban J connectivity index is 1.54. The molecule has 1 saturated carbocycles. The van der Waals surface area contributed by atoms with Crippen LogP contribution in [0.2, 0.25) is 0 Å². The lowest BCUT2D eigenvalue weighted by molar-refractivity contribution is -0.143. The third kappa shape index (κ3) is 4.92. The van der Waals surface area contributed by atoms with Crippen molar-refractivity contribution in [2.45, 2.75) is 58.6 Å². The highest BCUT2D eigenvalue weighted by atomic mass is 16.5. The van der Waals surface area contributed by atoms with Gasteiger partial charge in [-0.25, -0.2) is 4.98 Å². The molecule has 1 fully saturated rings. The van der Waals surface area contributed by atoms with Crippen LogP contribution in [-0.2, 0) is 17.9 Å². The zero-order chi connectivity index (χ0) is 24.4. The molecule has 2 heterocycles. The third-order valence-corrected chi connectivity index (χ3v) is 7.11. The minimum absolute atomic E-state index is 0.0983. The number of carboxylic acids is 1. The predicted octanol–water partition coefficient (Wildman–Crippen LogP) is 6.03. The minimum Gasteiger partial charge on any atom is -0.487 e. The Morgan fingerprint density at radius 3 is 2.69 bits per heavy atom. The van der Waals surface area contributed by atoms with Crippen LogP contribution < -0.4 is 4.74 Å². The molecule has 4 aromatic rings. The number of aromatic nitrogens is 3. The van der Waals surface area contributed by atoms with E-state index < -0.39 is 11.9 Å². The van der Waals surface area contributed by atoms with Crippen LogP contribution in [0.5, 0.6) is 5.75 Å². The summed E-state index contributed by atoms with van der Waals surface area (Å²) in [6, 6.07) is 18.3. The van der Waals surface area contributed by atoms with Gasteiger partial charge in [0, 0.05) is 24.7 Å². The Labute approximate surface area is 205 Å². The first-order chi connectivity index (χ1) is 17.0. The molecule has 0 bridgehead atoms. The highest BCUT2D eigenvalue weighted by Gasteiger charge is 2.35. The molecule has 6 heteroatoms. The molecule has 35 heavy (non-hydrogen) atoms. The molecule has 1 aliphatic rings. The SMILES string of the molecule is Cc1ccc(COc2ccc3nc([C@H]4CCCC[C@H]4C(=O)O)n(Cc4ccccc4C)c3c2)nc1. The Morgan fingerprint density at radius 2 is 1.91 bits per heavy atom. The monoisotopic (exact) mass is 469 g/mol. The topological polar surface area (TPSA) is 77.2 Å². The smallest absolute Gasteiger partial charge is 0.307 e. The molecule has 0 aliphatic heterocycles. The first kappa shape index (κ1) is 23.1. The van der Waals surface area contributed by atoms with Gasteiger partial charge in [0.25, 0.3) is 0 Å². The Hall–Kier alpha value is -3.67. The van der Waals surface area contributed by atoms with Gasteiger partial charge < -0.3 is 14.4 Å². The van der Waals surface area contributed by atoms with Crippen molar-refractivity contribution in [2.24, 2.45) is 5.92 Å². The van der Waals surface area contributed by atoms with Gasteiger partial charge in [0.05, 0.1) is 22.6 Å². The average molecular weight is 470 g/mol. The fourth-order valence-corrected chi connectivity index (χ4v) is 5.09. The van der Waals surface area contributed by atoms with E-state index >= 15 is 0 Å². The summed E-state index contributed by atoms with van der Waals surface area (Å²) in [7, 11) is 0. The van der Waals surface area contributed by atoms with Crippen LogP contribution in [0.15, 0.2) is 60.8 Å². The van der Waals surface area contributed by atoms with Crippen LogP contribution in [0.3, 0.4) is 0 Å². The van der Waals surface area contributed by atoms with E-state index in [-0.39, 0.29) is 5.92 Å². The summed E-state index contributed by atoms with van der Waals surface area (Å²) in [6.07, 6.45) is 5.37. The number of hydrogen-bond donors (Lipinski definition) is 1. The third-order valence-electron chi connectivity index (χ3n) is 7.11. The second-order valence-electron chi connectivity index (χ2n) is 9.58. The Bertz CT molecular complexity index is 1340. The molecule has 0 unspecified atom stereocenters. The van der Waals surface area contributed by atoms with Crippen LogP contribution in [0, 0.1) is 19.8 Å². The van der Waals surface area contributed by atoms with Gasteiger partial charge in [0.1, 0.15) is 18.2 Å². The van der Waals surface area contributed by atoms with Crippen LogP contribution in [0.1, 0.15) is 59.8 Å². The van der Waals surface area contributed by atoms with Crippen molar-refractivity contribution in [1.82, 2.24) is 14.5 Å². The van der Waals surface area contributed by atoms with Gasteiger partial charge in [0.15, 0.2) is 0 Å². The first-order valence-corrected chi connectivity index (χ1v) is 12.3. The molecule has 2 atom stereocenters. The van der Waals surface area contributed by atoms with Crippen LogP contribution >= 0.6 is 0 Å². The second-order valence-corrected chi connectivity index (χ2v) is 9.58. The number of hydrogen-bond acceptors (Lipinski definition) is 4. The van der Waals surface area contributed by atoms with Gasteiger partial charge in [-0.2, -0.15) is 0 Å². The Morgan fingerprint density at radius 1 is 1.09 bits per heavy atom. The molecule has 0 radical (unpaired) electrons. The first-order valence-electron chi connectivity index (χ1n) is 12.3. The van der Waals surface area contributed by atoms with Gasteiger partial charge in [-0.15, -0.1) is 0 Å². The standard InChI is InChI=1S/C29H31N3O3/c1-19-11-12-22(30-16-19)18-35-23-13-14-26-27(15-23)32(17-21-8-4-3-7-20(21)2)28(31-26)24-9-5-6-10-25(24)29(33)34/h3-4,7-8,11-16,24-25H,5-6,9-10,17-18H2,1-2H3,(H,33,34)/t24-,25+/m0/s1. The largest absolute Gasteiger partial charge is 0.487 e. The molecule has 2 aromatic heterocycles. The highest BCUT2D eigenvalue weighted by molar-refractivity contribution is 5.79. The number of benzene rings is 2. The normalized spacial score (nSPS) is 18.0. The lowest BCUT2D eigenvalue weighted by Gasteiger charge is -2.28. The molecule has 2 aromatic carbocycles. The van der Waals surface area contributed by atoms with E-state index in [0.29, 0.717) is 19.6 Å². The fraction of sp³-hybridized carbons (Fsp3) is 0.345. The summed E-state index contributed by atoms with van der Waals surface area (Å²) in [5.41, 5.74) is 6.22. The quantitative estimate of drug-likeness (QED) is 0.357. The van der Waals surface area contributed by atoms with Crippen LogP contribution in [0.25, 0.3) is 11.0 Å². The van der Waals surface area contributed by atoms with E-state index in [4.69, 9.17) is 9.72 Å². The van der Waals surface area contributed by atoms with Gasteiger partial charge in [-0.3, -0.25) is 9.78 Å². The number of aliphatic carboxylic acids is 1. The van der Waals surface area contributed by atoms with E-state index in [9.17, 15) is 9.90 Å². The molecule has 0 amide bonds. The highest BCUT2D eigenvalue weighted by Crippen LogP contribution is 2.39. The molecule has 0 saturated heterocycles. The summed E-state index contributed by atoms with van der Waals surface area (Å²) in [6.45, 7) is 5.15. The summed E-state index contributed by atoms with van der Waals surface area (Å²) in [5.74, 6) is 0.389. The van der Waals surface area contributed by atoms with E-state index in [1.807, 2.05) is 55.6 Å². The predicted molar refractivity (Wildman–Crippen MR) is 136 cm³/mol. The number of fused-ring (bicyclic) bond motifs is 1. The van der Waals surface area contributed by atoms with Gasteiger partial charge >= 0.3 is 5.97 Å². The maximum absolute atomic E-state index is 12.1. The average Bonchev–Trinajstić information content (AvgIpc) is 3.22. The molecular weight excluding hydrogens is 438 g/mol. The van der Waals surface area contributed by atoms with Crippen molar-refractivity contribution < 1.29 is 14.6 Å². The molecule has 6 nitrogen and oxygen atoms in total. The zero-order valence-corrected chi connectivity index (χ0v) is 20.3. The molecular formula is C29H31N3O3. The van der Waals surface area contributed by atoms with E-state index in [0.717, 1.165) is 53.1 Å². The van der Waals surface area contributed by atoms with Crippen LogP contribution in [-0.4, -0.2) is 25.6 Å². The second kappa shape index (κ2) is 9.90. The van der Waals surface area contributed by atoms with Crippen LogP contribution in [0.4, 0.5) is 0 Å². The lowest BCUT2D eigenvalue weighted by Crippen LogP contribution is -2.27. The number of nitrogens with zero attached hydrogens (tertiary/aromatic N) is 3. The maximum Gasteiger partial charge on any atom is 0.307 e. The van der Waals surface area contributed by atoms with Crippen molar-refractivity contribution in [1.29, 1.82) is 0 Å². The number of imidazole rings is 1.